The fourth-order valence-electron chi connectivity index (χ4n) is 2.24. The number of aromatic nitrogens is 2. The van der Waals surface area contributed by atoms with Gasteiger partial charge in [0.2, 0.25) is 0 Å². The number of nitrogens with one attached hydrogen (secondary N) is 1. The molecule has 0 radical (unpaired) electrons. The van der Waals surface area contributed by atoms with E-state index in [-0.39, 0.29) is 5.91 Å². The number of aryl methyl sites for hydroxylation is 1. The lowest BCUT2D eigenvalue weighted by Gasteiger charge is -2.01. The minimum absolute atomic E-state index is 0.139. The highest BCUT2D eigenvalue weighted by Crippen LogP contribution is 2.34. The minimum atomic E-state index is -0.139. The summed E-state index contributed by atoms with van der Waals surface area (Å²) >= 11 is 3.08. The molecule has 0 spiro atoms. The Hall–Kier alpha value is -2.31. The van der Waals surface area contributed by atoms with Crippen LogP contribution in [-0.4, -0.2) is 15.9 Å². The number of benzene rings is 2. The maximum Gasteiger partial charge on any atom is 0.257 e. The largest absolute Gasteiger partial charge is 0.298 e. The van der Waals surface area contributed by atoms with Crippen LogP contribution in [0.2, 0.25) is 0 Å². The highest BCUT2D eigenvalue weighted by Gasteiger charge is 2.12. The Bertz CT molecular complexity index is 986. The highest BCUT2D eigenvalue weighted by atomic mass is 32.1. The van der Waals surface area contributed by atoms with Crippen molar-refractivity contribution in [1.29, 1.82) is 0 Å². The molecule has 0 bridgehead atoms. The summed E-state index contributed by atoms with van der Waals surface area (Å²) < 4.78 is 2.19. The Labute approximate surface area is 134 Å². The first-order chi connectivity index (χ1) is 10.7. The zero-order valence-corrected chi connectivity index (χ0v) is 13.3. The van der Waals surface area contributed by atoms with Gasteiger partial charge in [-0.1, -0.05) is 29.0 Å². The number of carbonyl (C=O) groups excluding carboxylic acids is 1. The summed E-state index contributed by atoms with van der Waals surface area (Å²) in [6.07, 6.45) is 0. The second-order valence-electron chi connectivity index (χ2n) is 4.95. The smallest absolute Gasteiger partial charge is 0.257 e. The lowest BCUT2D eigenvalue weighted by Crippen LogP contribution is -2.11. The number of rotatable bonds is 2. The van der Waals surface area contributed by atoms with Gasteiger partial charge in [-0.2, -0.15) is 0 Å². The molecule has 1 N–H and O–H groups in total. The quantitative estimate of drug-likeness (QED) is 0.592. The molecule has 0 aliphatic heterocycles. The summed E-state index contributed by atoms with van der Waals surface area (Å²) in [7, 11) is 0. The van der Waals surface area contributed by atoms with Gasteiger partial charge in [0, 0.05) is 5.56 Å². The predicted molar refractivity (Wildman–Crippen MR) is 91.9 cm³/mol. The van der Waals surface area contributed by atoms with Crippen LogP contribution in [-0.2, 0) is 0 Å². The maximum absolute atomic E-state index is 12.3. The zero-order chi connectivity index (χ0) is 15.1. The van der Waals surface area contributed by atoms with Crippen LogP contribution >= 0.6 is 22.7 Å². The van der Waals surface area contributed by atoms with E-state index in [1.54, 1.807) is 11.3 Å². The van der Waals surface area contributed by atoms with Gasteiger partial charge in [0.1, 0.15) is 0 Å². The number of anilines is 1. The van der Waals surface area contributed by atoms with Crippen molar-refractivity contribution in [1.82, 2.24) is 9.97 Å². The molecule has 2 aromatic heterocycles. The van der Waals surface area contributed by atoms with Gasteiger partial charge < -0.3 is 0 Å². The third-order valence-corrected chi connectivity index (χ3v) is 5.38. The summed E-state index contributed by atoms with van der Waals surface area (Å²) in [6.45, 7) is 2.00. The molecule has 0 saturated heterocycles. The van der Waals surface area contributed by atoms with Gasteiger partial charge in [-0.05, 0) is 31.2 Å². The first-order valence-electron chi connectivity index (χ1n) is 6.71. The number of carbonyl (C=O) groups is 1. The molecule has 0 aliphatic rings. The summed E-state index contributed by atoms with van der Waals surface area (Å²) in [5.41, 5.74) is 5.45. The van der Waals surface area contributed by atoms with Crippen molar-refractivity contribution >= 4 is 54.1 Å². The molecule has 2 heterocycles. The molecule has 4 nitrogen and oxygen atoms in total. The summed E-state index contributed by atoms with van der Waals surface area (Å²) in [5.74, 6) is -0.139. The van der Waals surface area contributed by atoms with E-state index in [0.29, 0.717) is 10.7 Å². The van der Waals surface area contributed by atoms with Crippen LogP contribution in [0, 0.1) is 6.92 Å². The Kier molecular flexibility index (Phi) is 3.13. The van der Waals surface area contributed by atoms with Crippen LogP contribution in [0.4, 0.5) is 5.13 Å². The third kappa shape index (κ3) is 2.26. The molecule has 22 heavy (non-hydrogen) atoms. The molecule has 2 aromatic carbocycles. The van der Waals surface area contributed by atoms with Gasteiger partial charge in [-0.3, -0.25) is 10.1 Å². The number of thiazole rings is 2. The average Bonchev–Trinajstić information content (AvgIpc) is 3.12. The molecule has 0 atom stereocenters. The monoisotopic (exact) mass is 325 g/mol. The van der Waals surface area contributed by atoms with Crippen LogP contribution in [0.15, 0.2) is 41.9 Å². The van der Waals surface area contributed by atoms with Crippen LogP contribution in [0.25, 0.3) is 20.4 Å². The van der Waals surface area contributed by atoms with E-state index < -0.39 is 0 Å². The van der Waals surface area contributed by atoms with Crippen molar-refractivity contribution in [2.45, 2.75) is 6.92 Å². The molecule has 108 valence electrons. The van der Waals surface area contributed by atoms with Gasteiger partial charge in [-0.15, -0.1) is 11.3 Å². The molecule has 4 rings (SSSR count). The molecular formula is C16H11N3OS2. The fraction of sp³-hybridized carbons (Fsp3) is 0.0625. The van der Waals surface area contributed by atoms with E-state index in [4.69, 9.17) is 0 Å². The first-order valence-corrected chi connectivity index (χ1v) is 8.41. The number of hydrogen-bond acceptors (Lipinski definition) is 5. The van der Waals surface area contributed by atoms with Crippen molar-refractivity contribution in [3.8, 4) is 0 Å². The Balaban J connectivity index is 1.69. The van der Waals surface area contributed by atoms with Crippen LogP contribution in [0.1, 0.15) is 15.9 Å². The lowest BCUT2D eigenvalue weighted by molar-refractivity contribution is 0.102. The maximum atomic E-state index is 12.3. The van der Waals surface area contributed by atoms with Gasteiger partial charge in [-0.25, -0.2) is 9.97 Å². The topological polar surface area (TPSA) is 54.9 Å². The molecule has 6 heteroatoms. The standard InChI is InChI=1S/C16H11N3OS2/c1-9-2-4-10(5-3-9)15(20)19-16-18-12-7-6-11-13(14(12)22-16)21-8-17-11/h2-8H,1H3,(H,18,19,20). The fourth-order valence-corrected chi connectivity index (χ4v) is 4.13. The average molecular weight is 325 g/mol. The molecule has 0 unspecified atom stereocenters. The van der Waals surface area contributed by atoms with Gasteiger partial charge >= 0.3 is 0 Å². The molecule has 1 amide bonds. The van der Waals surface area contributed by atoms with E-state index in [1.807, 2.05) is 48.8 Å². The Morgan fingerprint density at radius 1 is 1.05 bits per heavy atom. The van der Waals surface area contributed by atoms with E-state index in [1.165, 1.54) is 11.3 Å². The molecule has 0 saturated carbocycles. The van der Waals surface area contributed by atoms with E-state index >= 15 is 0 Å². The molecular weight excluding hydrogens is 314 g/mol. The zero-order valence-electron chi connectivity index (χ0n) is 11.7. The third-order valence-electron chi connectivity index (χ3n) is 3.39. The second kappa shape index (κ2) is 5.15. The highest BCUT2D eigenvalue weighted by molar-refractivity contribution is 7.28. The normalized spacial score (nSPS) is 11.1. The molecule has 0 fully saturated rings. The molecule has 0 aliphatic carbocycles. The summed E-state index contributed by atoms with van der Waals surface area (Å²) in [5, 5.41) is 3.49. The number of hydrogen-bond donors (Lipinski definition) is 1. The Morgan fingerprint density at radius 2 is 1.82 bits per heavy atom. The van der Waals surface area contributed by atoms with Crippen molar-refractivity contribution in [3.63, 3.8) is 0 Å². The van der Waals surface area contributed by atoms with E-state index in [0.717, 1.165) is 26.0 Å². The van der Waals surface area contributed by atoms with Gasteiger partial charge in [0.05, 0.1) is 25.9 Å². The second-order valence-corrected chi connectivity index (χ2v) is 6.81. The van der Waals surface area contributed by atoms with Gasteiger partial charge in [0.15, 0.2) is 5.13 Å². The van der Waals surface area contributed by atoms with E-state index in [2.05, 4.69) is 15.3 Å². The van der Waals surface area contributed by atoms with Crippen LogP contribution in [0.3, 0.4) is 0 Å². The lowest BCUT2D eigenvalue weighted by atomic mass is 10.1. The number of fused-ring (bicyclic) bond motifs is 3. The van der Waals surface area contributed by atoms with Crippen LogP contribution in [0.5, 0.6) is 0 Å². The Morgan fingerprint density at radius 3 is 2.64 bits per heavy atom. The first kappa shape index (κ1) is 13.4. The van der Waals surface area contributed by atoms with E-state index in [9.17, 15) is 4.79 Å². The number of amides is 1. The predicted octanol–water partition coefficient (Wildman–Crippen LogP) is 4.47. The van der Waals surface area contributed by atoms with Crippen molar-refractivity contribution < 1.29 is 4.79 Å². The van der Waals surface area contributed by atoms with Crippen molar-refractivity contribution in [2.75, 3.05) is 5.32 Å². The molecule has 4 aromatic rings. The van der Waals surface area contributed by atoms with Gasteiger partial charge in [0.25, 0.3) is 5.91 Å². The minimum Gasteiger partial charge on any atom is -0.298 e. The SMILES string of the molecule is Cc1ccc(C(=O)Nc2nc3ccc4ncsc4c3s2)cc1. The van der Waals surface area contributed by atoms with Crippen LogP contribution < -0.4 is 5.32 Å². The van der Waals surface area contributed by atoms with Crippen molar-refractivity contribution in [3.05, 3.63) is 53.0 Å². The summed E-state index contributed by atoms with van der Waals surface area (Å²) in [6, 6.07) is 11.4. The summed E-state index contributed by atoms with van der Waals surface area (Å²) in [4.78, 5) is 21.1. The number of nitrogens with zero attached hydrogens (tertiary/aromatic N) is 2. The van der Waals surface area contributed by atoms with Crippen molar-refractivity contribution in [2.24, 2.45) is 0 Å².